The Balaban J connectivity index is 2.80. The Bertz CT molecular complexity index is 559. The maximum atomic E-state index is 11.4. The predicted molar refractivity (Wildman–Crippen MR) is 86.9 cm³/mol. The van der Waals surface area contributed by atoms with Crippen molar-refractivity contribution in [2.45, 2.75) is 40.5 Å². The molecule has 0 heterocycles. The van der Waals surface area contributed by atoms with Crippen molar-refractivity contribution in [1.29, 1.82) is 0 Å². The molecular formula is C16H27NO3S. The smallest absolute Gasteiger partial charge is 0.209 e. The number of primary sulfonamides is 1. The summed E-state index contributed by atoms with van der Waals surface area (Å²) in [5.41, 5.74) is 1.01. The molecule has 0 fully saturated rings. The molecule has 1 unspecified atom stereocenters. The van der Waals surface area contributed by atoms with E-state index < -0.39 is 10.0 Å². The Morgan fingerprint density at radius 3 is 2.33 bits per heavy atom. The van der Waals surface area contributed by atoms with Crippen LogP contribution in [0.5, 0.6) is 5.75 Å². The van der Waals surface area contributed by atoms with Crippen molar-refractivity contribution in [2.75, 3.05) is 12.4 Å². The summed E-state index contributed by atoms with van der Waals surface area (Å²) in [7, 11) is -3.51. The van der Waals surface area contributed by atoms with Crippen LogP contribution in [0.1, 0.15) is 46.1 Å². The van der Waals surface area contributed by atoms with Gasteiger partial charge in [-0.05, 0) is 29.0 Å². The van der Waals surface area contributed by atoms with Gasteiger partial charge in [-0.25, -0.2) is 13.6 Å². The molecule has 0 aliphatic rings. The van der Waals surface area contributed by atoms with Gasteiger partial charge in [0.25, 0.3) is 0 Å². The molecule has 120 valence electrons. The Hall–Kier alpha value is -1.07. The van der Waals surface area contributed by atoms with Crippen molar-refractivity contribution < 1.29 is 13.2 Å². The largest absolute Gasteiger partial charge is 0.493 e. The standard InChI is InChI=1S/C16H27NO3S/c1-12(2)13-7-6-8-15(9-13)20-10-14(16(3,4)5)11-21(17,18)19/h6-9,12,14H,10-11H2,1-5H3,(H2,17,18,19). The van der Waals surface area contributed by atoms with Gasteiger partial charge in [0.15, 0.2) is 0 Å². The second kappa shape index (κ2) is 6.79. The third kappa shape index (κ3) is 6.48. The number of hydrogen-bond acceptors (Lipinski definition) is 3. The lowest BCUT2D eigenvalue weighted by atomic mass is 9.82. The number of sulfonamides is 1. The molecule has 1 aromatic carbocycles. The Labute approximate surface area is 128 Å². The highest BCUT2D eigenvalue weighted by Gasteiger charge is 2.29. The van der Waals surface area contributed by atoms with Crippen LogP contribution in [0.2, 0.25) is 0 Å². The van der Waals surface area contributed by atoms with E-state index in [9.17, 15) is 8.42 Å². The van der Waals surface area contributed by atoms with Crippen molar-refractivity contribution >= 4 is 10.0 Å². The van der Waals surface area contributed by atoms with Gasteiger partial charge in [0, 0.05) is 5.92 Å². The predicted octanol–water partition coefficient (Wildman–Crippen LogP) is 3.14. The summed E-state index contributed by atoms with van der Waals surface area (Å²) < 4.78 is 28.5. The van der Waals surface area contributed by atoms with Crippen LogP contribution < -0.4 is 9.88 Å². The molecule has 0 saturated heterocycles. The molecule has 21 heavy (non-hydrogen) atoms. The zero-order valence-corrected chi connectivity index (χ0v) is 14.4. The molecule has 1 aromatic rings. The van der Waals surface area contributed by atoms with Crippen molar-refractivity contribution in [1.82, 2.24) is 0 Å². The lowest BCUT2D eigenvalue weighted by molar-refractivity contribution is 0.163. The molecular weight excluding hydrogens is 286 g/mol. The van der Waals surface area contributed by atoms with Crippen molar-refractivity contribution in [2.24, 2.45) is 16.5 Å². The summed E-state index contributed by atoms with van der Waals surface area (Å²) in [6, 6.07) is 7.91. The van der Waals surface area contributed by atoms with E-state index in [4.69, 9.17) is 9.88 Å². The average Bonchev–Trinajstić information content (AvgIpc) is 2.32. The molecule has 1 rings (SSSR count). The monoisotopic (exact) mass is 313 g/mol. The van der Waals surface area contributed by atoms with Crippen molar-refractivity contribution in [3.63, 3.8) is 0 Å². The highest BCUT2D eigenvalue weighted by atomic mass is 32.2. The van der Waals surface area contributed by atoms with Crippen LogP contribution in [-0.4, -0.2) is 20.8 Å². The average molecular weight is 313 g/mol. The van der Waals surface area contributed by atoms with Crippen LogP contribution in [0, 0.1) is 11.3 Å². The fraction of sp³-hybridized carbons (Fsp3) is 0.625. The summed E-state index contributed by atoms with van der Waals surface area (Å²) in [6.07, 6.45) is 0. The van der Waals surface area contributed by atoms with Crippen LogP contribution in [0.4, 0.5) is 0 Å². The fourth-order valence-corrected chi connectivity index (χ4v) is 3.15. The number of rotatable bonds is 6. The van der Waals surface area contributed by atoms with Gasteiger partial charge in [-0.2, -0.15) is 0 Å². The molecule has 0 amide bonds. The summed E-state index contributed by atoms with van der Waals surface area (Å²) in [6.45, 7) is 10.6. The number of benzene rings is 1. The van der Waals surface area contributed by atoms with E-state index in [1.807, 2.05) is 39.0 Å². The summed E-state index contributed by atoms with van der Waals surface area (Å²) in [4.78, 5) is 0. The van der Waals surface area contributed by atoms with Crippen molar-refractivity contribution in [3.05, 3.63) is 29.8 Å². The van der Waals surface area contributed by atoms with E-state index in [-0.39, 0.29) is 17.1 Å². The lowest BCUT2D eigenvalue weighted by Crippen LogP contribution is -2.35. The van der Waals surface area contributed by atoms with E-state index >= 15 is 0 Å². The molecule has 1 atom stereocenters. The summed E-state index contributed by atoms with van der Waals surface area (Å²) in [5.74, 6) is 0.969. The van der Waals surface area contributed by atoms with Gasteiger partial charge >= 0.3 is 0 Å². The first-order chi connectivity index (χ1) is 9.49. The first-order valence-electron chi connectivity index (χ1n) is 7.22. The van der Waals surface area contributed by atoms with Crippen LogP contribution in [0.3, 0.4) is 0 Å². The van der Waals surface area contributed by atoms with Crippen LogP contribution in [0.15, 0.2) is 24.3 Å². The third-order valence-corrected chi connectivity index (χ3v) is 4.50. The fourth-order valence-electron chi connectivity index (χ4n) is 1.99. The first-order valence-corrected chi connectivity index (χ1v) is 8.94. The molecule has 0 saturated carbocycles. The SMILES string of the molecule is CC(C)c1cccc(OCC(CS(N)(=O)=O)C(C)(C)C)c1. The highest BCUT2D eigenvalue weighted by Crippen LogP contribution is 2.28. The first kappa shape index (κ1) is 18.0. The molecule has 4 nitrogen and oxygen atoms in total. The zero-order valence-electron chi connectivity index (χ0n) is 13.6. The molecule has 5 heteroatoms. The third-order valence-electron chi connectivity index (χ3n) is 3.63. The second-order valence-corrected chi connectivity index (χ2v) is 8.59. The highest BCUT2D eigenvalue weighted by molar-refractivity contribution is 7.89. The van der Waals surface area contributed by atoms with Crippen LogP contribution in [-0.2, 0) is 10.0 Å². The maximum absolute atomic E-state index is 11.4. The summed E-state index contributed by atoms with van der Waals surface area (Å²) >= 11 is 0. The number of hydrogen-bond donors (Lipinski definition) is 1. The molecule has 0 spiro atoms. The Kier molecular flexibility index (Phi) is 5.82. The number of nitrogens with two attached hydrogens (primary N) is 1. The van der Waals surface area contributed by atoms with Crippen molar-refractivity contribution in [3.8, 4) is 5.75 Å². The number of ether oxygens (including phenoxy) is 1. The van der Waals surface area contributed by atoms with Crippen LogP contribution >= 0.6 is 0 Å². The normalized spacial score (nSPS) is 14.2. The quantitative estimate of drug-likeness (QED) is 0.877. The minimum absolute atomic E-state index is 0.0691. The zero-order chi connectivity index (χ0) is 16.3. The van der Waals surface area contributed by atoms with Gasteiger partial charge in [0.05, 0.1) is 12.4 Å². The summed E-state index contributed by atoms with van der Waals surface area (Å²) in [5, 5.41) is 5.18. The van der Waals surface area contributed by atoms with E-state index in [0.717, 1.165) is 5.75 Å². The molecule has 0 aromatic heterocycles. The molecule has 0 aliphatic heterocycles. The minimum atomic E-state index is -3.51. The van der Waals surface area contributed by atoms with Gasteiger partial charge in [0.1, 0.15) is 5.75 Å². The Morgan fingerprint density at radius 2 is 1.86 bits per heavy atom. The Morgan fingerprint density at radius 1 is 1.24 bits per heavy atom. The van der Waals surface area contributed by atoms with Gasteiger partial charge < -0.3 is 4.74 Å². The second-order valence-electron chi connectivity index (χ2n) is 6.93. The lowest BCUT2D eigenvalue weighted by Gasteiger charge is -2.29. The van der Waals surface area contributed by atoms with Gasteiger partial charge in [-0.1, -0.05) is 46.8 Å². The van der Waals surface area contributed by atoms with E-state index in [0.29, 0.717) is 12.5 Å². The molecule has 0 radical (unpaired) electrons. The van der Waals surface area contributed by atoms with Gasteiger partial charge in [0.2, 0.25) is 10.0 Å². The van der Waals surface area contributed by atoms with E-state index in [1.54, 1.807) is 0 Å². The van der Waals surface area contributed by atoms with Gasteiger partial charge in [-0.3, -0.25) is 0 Å². The van der Waals surface area contributed by atoms with E-state index in [1.165, 1.54) is 5.56 Å². The minimum Gasteiger partial charge on any atom is -0.493 e. The van der Waals surface area contributed by atoms with E-state index in [2.05, 4.69) is 19.9 Å². The van der Waals surface area contributed by atoms with Gasteiger partial charge in [-0.15, -0.1) is 0 Å². The molecule has 0 bridgehead atoms. The maximum Gasteiger partial charge on any atom is 0.209 e. The molecule has 0 aliphatic carbocycles. The topological polar surface area (TPSA) is 69.4 Å². The van der Waals surface area contributed by atoms with Crippen LogP contribution in [0.25, 0.3) is 0 Å². The molecule has 2 N–H and O–H groups in total.